The molecule has 3 nitrogen and oxygen atoms in total. The first-order chi connectivity index (χ1) is 6.63. The second-order valence-corrected chi connectivity index (χ2v) is 3.60. The Labute approximate surface area is 84.3 Å². The number of hydrogen-bond donors (Lipinski definition) is 1. The van der Waals surface area contributed by atoms with Crippen molar-refractivity contribution in [2.45, 2.75) is 26.7 Å². The van der Waals surface area contributed by atoms with Crippen molar-refractivity contribution in [1.29, 1.82) is 0 Å². The second kappa shape index (κ2) is 4.74. The molecule has 1 amide bonds. The molecule has 0 fully saturated rings. The fourth-order valence-electron chi connectivity index (χ4n) is 1.23. The first kappa shape index (κ1) is 10.7. The summed E-state index contributed by atoms with van der Waals surface area (Å²) in [6.07, 6.45) is 2.01. The molecule has 0 bridgehead atoms. The third kappa shape index (κ3) is 2.83. The van der Waals surface area contributed by atoms with Crippen molar-refractivity contribution in [3.05, 3.63) is 29.6 Å². The Morgan fingerprint density at radius 1 is 1.57 bits per heavy atom. The van der Waals surface area contributed by atoms with E-state index in [0.29, 0.717) is 11.6 Å². The van der Waals surface area contributed by atoms with Crippen LogP contribution in [0.3, 0.4) is 0 Å². The summed E-state index contributed by atoms with van der Waals surface area (Å²) in [4.78, 5) is 15.1. The molecule has 0 saturated heterocycles. The van der Waals surface area contributed by atoms with Crippen LogP contribution in [0.1, 0.15) is 36.5 Å². The van der Waals surface area contributed by atoms with E-state index in [9.17, 15) is 4.79 Å². The predicted molar refractivity (Wildman–Crippen MR) is 55.9 cm³/mol. The highest BCUT2D eigenvalue weighted by molar-refractivity contribution is 5.90. The van der Waals surface area contributed by atoms with Gasteiger partial charge in [0.15, 0.2) is 0 Å². The summed E-state index contributed by atoms with van der Waals surface area (Å²) in [7, 11) is 0. The van der Waals surface area contributed by atoms with E-state index in [4.69, 9.17) is 5.73 Å². The number of nitrogens with two attached hydrogens (primary N) is 1. The third-order valence-electron chi connectivity index (χ3n) is 2.31. The second-order valence-electron chi connectivity index (χ2n) is 3.60. The minimum atomic E-state index is -0.462. The maximum absolute atomic E-state index is 10.9. The van der Waals surface area contributed by atoms with Gasteiger partial charge < -0.3 is 5.73 Å². The molecule has 1 aromatic rings. The van der Waals surface area contributed by atoms with Crippen molar-refractivity contribution in [1.82, 2.24) is 4.98 Å². The number of primary amides is 1. The molecule has 2 N–H and O–H groups in total. The van der Waals surface area contributed by atoms with Gasteiger partial charge in [-0.05, 0) is 24.5 Å². The average Bonchev–Trinajstić information content (AvgIpc) is 2.18. The SMILES string of the molecule is CCC(C)Cc1cccc(C(N)=O)n1. The van der Waals surface area contributed by atoms with Gasteiger partial charge in [0.25, 0.3) is 5.91 Å². The van der Waals surface area contributed by atoms with Crippen molar-refractivity contribution in [2.75, 3.05) is 0 Å². The number of hydrogen-bond acceptors (Lipinski definition) is 2. The molecular formula is C11H16N2O. The zero-order valence-corrected chi connectivity index (χ0v) is 8.66. The van der Waals surface area contributed by atoms with E-state index in [1.165, 1.54) is 0 Å². The van der Waals surface area contributed by atoms with E-state index in [1.54, 1.807) is 6.07 Å². The Bertz CT molecular complexity index is 323. The maximum Gasteiger partial charge on any atom is 0.267 e. The van der Waals surface area contributed by atoms with Gasteiger partial charge in [-0.1, -0.05) is 26.3 Å². The van der Waals surface area contributed by atoms with Crippen molar-refractivity contribution in [3.8, 4) is 0 Å². The largest absolute Gasteiger partial charge is 0.364 e. The highest BCUT2D eigenvalue weighted by atomic mass is 16.1. The molecule has 14 heavy (non-hydrogen) atoms. The summed E-state index contributed by atoms with van der Waals surface area (Å²) in [5.74, 6) is 0.127. The van der Waals surface area contributed by atoms with Crippen LogP contribution in [0, 0.1) is 5.92 Å². The predicted octanol–water partition coefficient (Wildman–Crippen LogP) is 1.77. The molecule has 3 heteroatoms. The summed E-state index contributed by atoms with van der Waals surface area (Å²) in [6.45, 7) is 4.31. The topological polar surface area (TPSA) is 56.0 Å². The number of carbonyl (C=O) groups is 1. The van der Waals surface area contributed by atoms with Crippen LogP contribution in [0.15, 0.2) is 18.2 Å². The number of nitrogens with zero attached hydrogens (tertiary/aromatic N) is 1. The van der Waals surface area contributed by atoms with Crippen LogP contribution in [0.2, 0.25) is 0 Å². The average molecular weight is 192 g/mol. The number of aromatic nitrogens is 1. The van der Waals surface area contributed by atoms with Gasteiger partial charge in [0.05, 0.1) is 0 Å². The van der Waals surface area contributed by atoms with Gasteiger partial charge in [-0.3, -0.25) is 4.79 Å². The molecular weight excluding hydrogens is 176 g/mol. The van der Waals surface area contributed by atoms with E-state index in [0.717, 1.165) is 18.5 Å². The van der Waals surface area contributed by atoms with Crippen LogP contribution in [0.25, 0.3) is 0 Å². The molecule has 1 atom stereocenters. The van der Waals surface area contributed by atoms with Gasteiger partial charge in [-0.2, -0.15) is 0 Å². The monoisotopic (exact) mass is 192 g/mol. The first-order valence-corrected chi connectivity index (χ1v) is 4.89. The summed E-state index contributed by atoms with van der Waals surface area (Å²) in [5, 5.41) is 0. The number of pyridine rings is 1. The Morgan fingerprint density at radius 2 is 2.29 bits per heavy atom. The first-order valence-electron chi connectivity index (χ1n) is 4.89. The van der Waals surface area contributed by atoms with Gasteiger partial charge in [-0.15, -0.1) is 0 Å². The van der Waals surface area contributed by atoms with Gasteiger partial charge >= 0.3 is 0 Å². The number of carbonyl (C=O) groups excluding carboxylic acids is 1. The molecule has 0 saturated carbocycles. The zero-order valence-electron chi connectivity index (χ0n) is 8.66. The lowest BCUT2D eigenvalue weighted by atomic mass is 10.0. The summed E-state index contributed by atoms with van der Waals surface area (Å²) in [5.41, 5.74) is 6.44. The van der Waals surface area contributed by atoms with E-state index in [2.05, 4.69) is 18.8 Å². The molecule has 1 aromatic heterocycles. The van der Waals surface area contributed by atoms with Crippen molar-refractivity contribution in [3.63, 3.8) is 0 Å². The smallest absolute Gasteiger partial charge is 0.267 e. The van der Waals surface area contributed by atoms with Crippen molar-refractivity contribution >= 4 is 5.91 Å². The van der Waals surface area contributed by atoms with Gasteiger partial charge in [-0.25, -0.2) is 4.98 Å². The van der Waals surface area contributed by atoms with Crippen molar-refractivity contribution in [2.24, 2.45) is 11.7 Å². The fourth-order valence-corrected chi connectivity index (χ4v) is 1.23. The Balaban J connectivity index is 2.78. The van der Waals surface area contributed by atoms with E-state index in [1.807, 2.05) is 12.1 Å². The third-order valence-corrected chi connectivity index (χ3v) is 2.31. The van der Waals surface area contributed by atoms with Crippen LogP contribution in [0.4, 0.5) is 0 Å². The van der Waals surface area contributed by atoms with Gasteiger partial charge in [0.2, 0.25) is 0 Å². The highest BCUT2D eigenvalue weighted by Crippen LogP contribution is 2.09. The quantitative estimate of drug-likeness (QED) is 0.790. The van der Waals surface area contributed by atoms with Crippen LogP contribution in [-0.4, -0.2) is 10.9 Å². The minimum Gasteiger partial charge on any atom is -0.364 e. The number of amides is 1. The molecule has 0 aliphatic heterocycles. The van der Waals surface area contributed by atoms with Crippen LogP contribution < -0.4 is 5.73 Å². The van der Waals surface area contributed by atoms with E-state index in [-0.39, 0.29) is 0 Å². The minimum absolute atomic E-state index is 0.353. The molecule has 0 radical (unpaired) electrons. The van der Waals surface area contributed by atoms with Crippen LogP contribution in [0.5, 0.6) is 0 Å². The lowest BCUT2D eigenvalue weighted by Gasteiger charge is -2.07. The van der Waals surface area contributed by atoms with Crippen LogP contribution in [-0.2, 0) is 6.42 Å². The fraction of sp³-hybridized carbons (Fsp3) is 0.455. The molecule has 1 heterocycles. The van der Waals surface area contributed by atoms with Crippen molar-refractivity contribution < 1.29 is 4.79 Å². The lowest BCUT2D eigenvalue weighted by molar-refractivity contribution is 0.0995. The van der Waals surface area contributed by atoms with Gasteiger partial charge in [0, 0.05) is 5.69 Å². The normalized spacial score (nSPS) is 12.4. The zero-order chi connectivity index (χ0) is 10.6. The maximum atomic E-state index is 10.9. The highest BCUT2D eigenvalue weighted by Gasteiger charge is 2.05. The molecule has 0 aliphatic rings. The molecule has 0 aliphatic carbocycles. The summed E-state index contributed by atoms with van der Waals surface area (Å²) < 4.78 is 0. The summed E-state index contributed by atoms with van der Waals surface area (Å²) in [6, 6.07) is 5.39. The van der Waals surface area contributed by atoms with E-state index >= 15 is 0 Å². The molecule has 1 unspecified atom stereocenters. The van der Waals surface area contributed by atoms with E-state index < -0.39 is 5.91 Å². The molecule has 0 spiro atoms. The lowest BCUT2D eigenvalue weighted by Crippen LogP contribution is -2.14. The molecule has 0 aromatic carbocycles. The van der Waals surface area contributed by atoms with Gasteiger partial charge in [0.1, 0.15) is 5.69 Å². The Hall–Kier alpha value is -1.38. The summed E-state index contributed by atoms with van der Waals surface area (Å²) >= 11 is 0. The molecule has 1 rings (SSSR count). The Morgan fingerprint density at radius 3 is 2.86 bits per heavy atom. The van der Waals surface area contributed by atoms with Crippen LogP contribution >= 0.6 is 0 Å². The number of rotatable bonds is 4. The molecule has 76 valence electrons. The standard InChI is InChI=1S/C11H16N2O/c1-3-8(2)7-9-5-4-6-10(13-9)11(12)14/h4-6,8H,3,7H2,1-2H3,(H2,12,14). The Kier molecular flexibility index (Phi) is 3.63.